The summed E-state index contributed by atoms with van der Waals surface area (Å²) in [7, 11) is -3.95. The van der Waals surface area contributed by atoms with Crippen molar-refractivity contribution >= 4 is 21.6 Å². The van der Waals surface area contributed by atoms with Gasteiger partial charge in [0, 0.05) is 0 Å². The van der Waals surface area contributed by atoms with E-state index in [1.807, 2.05) is 65.0 Å². The van der Waals surface area contributed by atoms with Gasteiger partial charge in [0.05, 0.1) is 17.1 Å². The fourth-order valence-corrected chi connectivity index (χ4v) is 5.00. The second kappa shape index (κ2) is 10.7. The molecular weight excluding hydrogens is 448 g/mol. The molecule has 0 spiro atoms. The summed E-state index contributed by atoms with van der Waals surface area (Å²) >= 11 is 0. The molecule has 0 bridgehead atoms. The van der Waals surface area contributed by atoms with Crippen LogP contribution in [0.15, 0.2) is 65.6 Å². The van der Waals surface area contributed by atoms with Crippen molar-refractivity contribution in [3.05, 3.63) is 88.5 Å². The minimum absolute atomic E-state index is 0.144. The summed E-state index contributed by atoms with van der Waals surface area (Å²) in [4.78, 5) is 13.0. The Morgan fingerprint density at radius 1 is 0.824 bits per heavy atom. The van der Waals surface area contributed by atoms with Gasteiger partial charge in [-0.25, -0.2) is 8.42 Å². The van der Waals surface area contributed by atoms with Crippen molar-refractivity contribution in [2.24, 2.45) is 0 Å². The smallest absolute Gasteiger partial charge is 0.264 e. The maximum Gasteiger partial charge on any atom is 0.264 e. The molecule has 34 heavy (non-hydrogen) atoms. The van der Waals surface area contributed by atoms with Crippen LogP contribution in [-0.2, 0) is 14.8 Å². The number of nitrogens with zero attached hydrogens (tertiary/aromatic N) is 1. The second-order valence-electron chi connectivity index (χ2n) is 8.58. The Morgan fingerprint density at radius 2 is 1.41 bits per heavy atom. The Labute approximate surface area is 202 Å². The number of sulfonamides is 1. The Kier molecular flexibility index (Phi) is 7.99. The molecule has 6 nitrogen and oxygen atoms in total. The summed E-state index contributed by atoms with van der Waals surface area (Å²) < 4.78 is 34.1. The Balaban J connectivity index is 1.76. The second-order valence-corrected chi connectivity index (χ2v) is 10.4. The molecule has 0 fully saturated rings. The molecule has 0 heterocycles. The molecule has 0 radical (unpaired) electrons. The molecular formula is C27H32N2O4S. The molecule has 0 saturated heterocycles. The molecule has 0 aliphatic heterocycles. The van der Waals surface area contributed by atoms with Gasteiger partial charge in [-0.3, -0.25) is 9.10 Å². The van der Waals surface area contributed by atoms with E-state index in [-0.39, 0.29) is 24.6 Å². The quantitative estimate of drug-likeness (QED) is 0.454. The third-order valence-electron chi connectivity index (χ3n) is 5.55. The Morgan fingerprint density at radius 3 is 2.09 bits per heavy atom. The number of rotatable bonds is 9. The summed E-state index contributed by atoms with van der Waals surface area (Å²) in [6, 6.07) is 18.2. The third kappa shape index (κ3) is 6.17. The standard InChI is InChI=1S/C27H32N2O4S/c1-19-8-12-24(13-9-19)34(31,32)29(25-16-20(2)6-10-22(25)4)18-27(30)28-14-15-33-26-17-21(3)7-11-23(26)5/h6-13,16-17H,14-15,18H2,1-5H3,(H,28,30). The van der Waals surface area contributed by atoms with Gasteiger partial charge in [0.2, 0.25) is 5.91 Å². The summed E-state index contributed by atoms with van der Waals surface area (Å²) in [6.07, 6.45) is 0. The van der Waals surface area contributed by atoms with Gasteiger partial charge >= 0.3 is 0 Å². The van der Waals surface area contributed by atoms with Crippen molar-refractivity contribution in [2.45, 2.75) is 39.5 Å². The van der Waals surface area contributed by atoms with Crippen molar-refractivity contribution < 1.29 is 17.9 Å². The molecule has 0 aliphatic carbocycles. The van der Waals surface area contributed by atoms with Crippen LogP contribution < -0.4 is 14.4 Å². The third-order valence-corrected chi connectivity index (χ3v) is 7.33. The average Bonchev–Trinajstić information content (AvgIpc) is 2.79. The largest absolute Gasteiger partial charge is 0.491 e. The first kappa shape index (κ1) is 25.3. The van der Waals surface area contributed by atoms with Crippen LogP contribution in [0.2, 0.25) is 0 Å². The predicted molar refractivity (Wildman–Crippen MR) is 136 cm³/mol. The molecule has 0 unspecified atom stereocenters. The zero-order valence-corrected chi connectivity index (χ0v) is 21.2. The number of carbonyl (C=O) groups excluding carboxylic acids is 1. The molecule has 0 aromatic heterocycles. The van der Waals surface area contributed by atoms with E-state index >= 15 is 0 Å². The normalized spacial score (nSPS) is 11.2. The minimum Gasteiger partial charge on any atom is -0.491 e. The molecule has 0 aliphatic rings. The van der Waals surface area contributed by atoms with Crippen LogP contribution in [0, 0.1) is 34.6 Å². The van der Waals surface area contributed by atoms with Gasteiger partial charge in [0.1, 0.15) is 18.9 Å². The van der Waals surface area contributed by atoms with Gasteiger partial charge in [-0.1, -0.05) is 42.0 Å². The van der Waals surface area contributed by atoms with Crippen LogP contribution in [0.4, 0.5) is 5.69 Å². The highest BCUT2D eigenvalue weighted by atomic mass is 32.2. The molecule has 3 rings (SSSR count). The first-order chi connectivity index (χ1) is 16.1. The summed E-state index contributed by atoms with van der Waals surface area (Å²) in [5.74, 6) is 0.370. The topological polar surface area (TPSA) is 75.7 Å². The van der Waals surface area contributed by atoms with Crippen LogP contribution >= 0.6 is 0 Å². The predicted octanol–water partition coefficient (Wildman–Crippen LogP) is 4.62. The minimum atomic E-state index is -3.95. The first-order valence-corrected chi connectivity index (χ1v) is 12.7. The highest BCUT2D eigenvalue weighted by Crippen LogP contribution is 2.28. The van der Waals surface area contributed by atoms with E-state index in [0.717, 1.165) is 33.6 Å². The van der Waals surface area contributed by atoms with Gasteiger partial charge in [-0.2, -0.15) is 0 Å². The monoisotopic (exact) mass is 480 g/mol. The van der Waals surface area contributed by atoms with Crippen LogP contribution in [0.1, 0.15) is 27.8 Å². The Hall–Kier alpha value is -3.32. The van der Waals surface area contributed by atoms with Crippen molar-refractivity contribution in [3.8, 4) is 5.75 Å². The van der Waals surface area contributed by atoms with Gasteiger partial charge < -0.3 is 10.1 Å². The molecule has 1 amide bonds. The number of aryl methyl sites for hydroxylation is 5. The zero-order valence-electron chi connectivity index (χ0n) is 20.4. The number of hydrogen-bond donors (Lipinski definition) is 1. The number of amides is 1. The summed E-state index contributed by atoms with van der Waals surface area (Å²) in [5.41, 5.74) is 5.23. The van der Waals surface area contributed by atoms with Crippen LogP contribution in [0.5, 0.6) is 5.75 Å². The number of ether oxygens (including phenoxy) is 1. The van der Waals surface area contributed by atoms with Crippen molar-refractivity contribution in [1.29, 1.82) is 0 Å². The van der Waals surface area contributed by atoms with E-state index in [1.165, 1.54) is 4.31 Å². The van der Waals surface area contributed by atoms with Gasteiger partial charge in [-0.05, 0) is 81.1 Å². The van der Waals surface area contributed by atoms with E-state index in [1.54, 1.807) is 30.3 Å². The summed E-state index contributed by atoms with van der Waals surface area (Å²) in [6.45, 7) is 9.79. The van der Waals surface area contributed by atoms with Crippen LogP contribution in [0.3, 0.4) is 0 Å². The van der Waals surface area contributed by atoms with E-state index in [4.69, 9.17) is 4.74 Å². The highest BCUT2D eigenvalue weighted by molar-refractivity contribution is 7.92. The van der Waals surface area contributed by atoms with Crippen molar-refractivity contribution in [3.63, 3.8) is 0 Å². The van der Waals surface area contributed by atoms with Crippen molar-refractivity contribution in [2.75, 3.05) is 24.0 Å². The maximum atomic E-state index is 13.5. The number of benzene rings is 3. The van der Waals surface area contributed by atoms with Gasteiger partial charge in [0.15, 0.2) is 0 Å². The molecule has 3 aromatic rings. The highest BCUT2D eigenvalue weighted by Gasteiger charge is 2.28. The molecule has 0 saturated carbocycles. The zero-order chi connectivity index (χ0) is 24.9. The van der Waals surface area contributed by atoms with E-state index in [9.17, 15) is 13.2 Å². The van der Waals surface area contributed by atoms with Gasteiger partial charge in [-0.15, -0.1) is 0 Å². The molecule has 3 aromatic carbocycles. The first-order valence-electron chi connectivity index (χ1n) is 11.2. The Bertz CT molecular complexity index is 1270. The number of hydrogen-bond acceptors (Lipinski definition) is 4. The lowest BCUT2D eigenvalue weighted by atomic mass is 10.1. The molecule has 1 N–H and O–H groups in total. The maximum absolute atomic E-state index is 13.5. The lowest BCUT2D eigenvalue weighted by Gasteiger charge is -2.26. The van der Waals surface area contributed by atoms with E-state index in [2.05, 4.69) is 5.32 Å². The van der Waals surface area contributed by atoms with Gasteiger partial charge in [0.25, 0.3) is 10.0 Å². The molecule has 7 heteroatoms. The molecule has 180 valence electrons. The number of carbonyl (C=O) groups is 1. The lowest BCUT2D eigenvalue weighted by Crippen LogP contribution is -2.42. The van der Waals surface area contributed by atoms with Crippen LogP contribution in [0.25, 0.3) is 0 Å². The fraction of sp³-hybridized carbons (Fsp3) is 0.296. The SMILES string of the molecule is Cc1ccc(S(=O)(=O)N(CC(=O)NCCOc2cc(C)ccc2C)c2cc(C)ccc2C)cc1. The molecule has 0 atom stereocenters. The van der Waals surface area contributed by atoms with Crippen molar-refractivity contribution in [1.82, 2.24) is 5.32 Å². The fourth-order valence-electron chi connectivity index (χ4n) is 3.53. The summed E-state index contributed by atoms with van der Waals surface area (Å²) in [5, 5.41) is 2.78. The average molecular weight is 481 g/mol. The van der Waals surface area contributed by atoms with E-state index < -0.39 is 15.9 Å². The number of nitrogens with one attached hydrogen (secondary N) is 1. The lowest BCUT2D eigenvalue weighted by molar-refractivity contribution is -0.119. The number of anilines is 1. The van der Waals surface area contributed by atoms with E-state index in [0.29, 0.717) is 5.69 Å². The van der Waals surface area contributed by atoms with Crippen LogP contribution in [-0.4, -0.2) is 34.0 Å².